The van der Waals surface area contributed by atoms with E-state index in [9.17, 15) is 8.76 Å². The standard InChI is InChI=1S/C16H17NO3S/c1-20-16-9-7-14(8-10-16)11-12-17(21(18)19)13-15-5-3-2-4-6-15/h2-12H,13H2,1H3,(H,18,19). The Kier molecular flexibility index (Phi) is 5.54. The summed E-state index contributed by atoms with van der Waals surface area (Å²) in [6, 6.07) is 17.0. The van der Waals surface area contributed by atoms with E-state index in [0.717, 1.165) is 16.9 Å². The molecule has 0 fully saturated rings. The van der Waals surface area contributed by atoms with E-state index < -0.39 is 11.3 Å². The third-order valence-corrected chi connectivity index (χ3v) is 3.58. The first kappa shape index (κ1) is 15.3. The van der Waals surface area contributed by atoms with Gasteiger partial charge in [0.25, 0.3) is 11.3 Å². The Bertz CT molecular complexity index is 611. The van der Waals surface area contributed by atoms with E-state index in [1.807, 2.05) is 54.6 Å². The fraction of sp³-hybridized carbons (Fsp3) is 0.125. The lowest BCUT2D eigenvalue weighted by Crippen LogP contribution is -2.18. The van der Waals surface area contributed by atoms with Gasteiger partial charge in [0.05, 0.1) is 13.7 Å². The van der Waals surface area contributed by atoms with Gasteiger partial charge < -0.3 is 4.74 Å². The van der Waals surface area contributed by atoms with E-state index in [4.69, 9.17) is 4.74 Å². The first-order chi connectivity index (χ1) is 10.2. The van der Waals surface area contributed by atoms with Crippen LogP contribution in [0.3, 0.4) is 0 Å². The Labute approximate surface area is 127 Å². The molecule has 4 nitrogen and oxygen atoms in total. The van der Waals surface area contributed by atoms with Crippen molar-refractivity contribution in [2.75, 3.05) is 7.11 Å². The van der Waals surface area contributed by atoms with E-state index in [-0.39, 0.29) is 0 Å². The van der Waals surface area contributed by atoms with Gasteiger partial charge in [-0.3, -0.25) is 8.86 Å². The van der Waals surface area contributed by atoms with Crippen molar-refractivity contribution in [3.63, 3.8) is 0 Å². The summed E-state index contributed by atoms with van der Waals surface area (Å²) in [6.07, 6.45) is 3.40. The normalized spacial score (nSPS) is 12.3. The highest BCUT2D eigenvalue weighted by Crippen LogP contribution is 2.13. The molecule has 1 atom stereocenters. The third-order valence-electron chi connectivity index (χ3n) is 2.93. The molecular formula is C16H17NO3S. The predicted molar refractivity (Wildman–Crippen MR) is 84.8 cm³/mol. The number of ether oxygens (including phenoxy) is 1. The van der Waals surface area contributed by atoms with Crippen molar-refractivity contribution in [2.45, 2.75) is 6.54 Å². The quantitative estimate of drug-likeness (QED) is 0.833. The summed E-state index contributed by atoms with van der Waals surface area (Å²) in [5.74, 6) is 0.777. The van der Waals surface area contributed by atoms with Gasteiger partial charge in [-0.15, -0.1) is 0 Å². The van der Waals surface area contributed by atoms with Crippen molar-refractivity contribution in [1.29, 1.82) is 0 Å². The second kappa shape index (κ2) is 7.61. The van der Waals surface area contributed by atoms with E-state index in [2.05, 4.69) is 0 Å². The number of rotatable bonds is 6. The zero-order valence-electron chi connectivity index (χ0n) is 11.7. The molecule has 2 rings (SSSR count). The van der Waals surface area contributed by atoms with Gasteiger partial charge in [0.1, 0.15) is 5.75 Å². The molecule has 21 heavy (non-hydrogen) atoms. The minimum absolute atomic E-state index is 0.372. The van der Waals surface area contributed by atoms with Crippen molar-refractivity contribution in [3.8, 4) is 5.75 Å². The Morgan fingerprint density at radius 2 is 1.81 bits per heavy atom. The van der Waals surface area contributed by atoms with Crippen LogP contribution in [0.1, 0.15) is 11.1 Å². The average molecular weight is 303 g/mol. The van der Waals surface area contributed by atoms with Crippen LogP contribution in [0.4, 0.5) is 0 Å². The highest BCUT2D eigenvalue weighted by Gasteiger charge is 2.06. The Balaban J connectivity index is 2.08. The van der Waals surface area contributed by atoms with Crippen LogP contribution < -0.4 is 4.74 Å². The van der Waals surface area contributed by atoms with E-state index >= 15 is 0 Å². The molecule has 0 heterocycles. The molecule has 0 amide bonds. The van der Waals surface area contributed by atoms with Crippen LogP contribution in [-0.2, 0) is 17.8 Å². The minimum Gasteiger partial charge on any atom is -0.497 e. The highest BCUT2D eigenvalue weighted by molar-refractivity contribution is 7.76. The van der Waals surface area contributed by atoms with Crippen LogP contribution in [0.15, 0.2) is 60.8 Å². The van der Waals surface area contributed by atoms with Crippen molar-refractivity contribution in [3.05, 3.63) is 71.9 Å². The zero-order valence-corrected chi connectivity index (χ0v) is 12.5. The minimum atomic E-state index is -2.06. The molecule has 0 saturated carbocycles. The van der Waals surface area contributed by atoms with E-state index in [0.29, 0.717) is 6.54 Å². The van der Waals surface area contributed by atoms with E-state index in [1.54, 1.807) is 19.4 Å². The summed E-state index contributed by atoms with van der Waals surface area (Å²) in [5, 5.41) is 0. The molecule has 0 aliphatic carbocycles. The van der Waals surface area contributed by atoms with Gasteiger partial charge in [-0.25, -0.2) is 4.21 Å². The summed E-state index contributed by atoms with van der Waals surface area (Å²) in [5.41, 5.74) is 1.90. The van der Waals surface area contributed by atoms with Gasteiger partial charge in [0.2, 0.25) is 0 Å². The van der Waals surface area contributed by atoms with Crippen LogP contribution in [-0.4, -0.2) is 20.2 Å². The SMILES string of the molecule is COc1ccc(C=CN(Cc2ccccc2)S(=O)O)cc1. The number of nitrogens with zero attached hydrogens (tertiary/aromatic N) is 1. The van der Waals surface area contributed by atoms with Crippen LogP contribution in [0.25, 0.3) is 6.08 Å². The number of hydrogen-bond donors (Lipinski definition) is 1. The Morgan fingerprint density at radius 1 is 1.14 bits per heavy atom. The first-order valence-electron chi connectivity index (χ1n) is 6.43. The molecule has 2 aromatic carbocycles. The van der Waals surface area contributed by atoms with Crippen molar-refractivity contribution < 1.29 is 13.5 Å². The van der Waals surface area contributed by atoms with Crippen molar-refractivity contribution in [1.82, 2.24) is 4.31 Å². The first-order valence-corrected chi connectivity index (χ1v) is 7.49. The topological polar surface area (TPSA) is 49.8 Å². The predicted octanol–water partition coefficient (Wildman–Crippen LogP) is 3.30. The molecule has 5 heteroatoms. The maximum absolute atomic E-state index is 11.4. The maximum Gasteiger partial charge on any atom is 0.261 e. The summed E-state index contributed by atoms with van der Waals surface area (Å²) >= 11 is -2.06. The lowest BCUT2D eigenvalue weighted by molar-refractivity contribution is 0.415. The summed E-state index contributed by atoms with van der Waals surface area (Å²) in [6.45, 7) is 0.372. The fourth-order valence-electron chi connectivity index (χ4n) is 1.81. The van der Waals surface area contributed by atoms with Crippen molar-refractivity contribution >= 4 is 17.3 Å². The molecule has 110 valence electrons. The molecule has 1 unspecified atom stereocenters. The molecule has 0 radical (unpaired) electrons. The summed E-state index contributed by atoms with van der Waals surface area (Å²) in [7, 11) is 1.61. The van der Waals surface area contributed by atoms with E-state index in [1.165, 1.54) is 4.31 Å². The molecule has 0 saturated heterocycles. The fourth-order valence-corrected chi connectivity index (χ4v) is 2.23. The van der Waals surface area contributed by atoms with Gasteiger partial charge in [-0.1, -0.05) is 42.5 Å². The van der Waals surface area contributed by atoms with Gasteiger partial charge in [-0.05, 0) is 29.3 Å². The van der Waals surface area contributed by atoms with Gasteiger partial charge in [0, 0.05) is 6.20 Å². The average Bonchev–Trinajstić information content (AvgIpc) is 2.52. The van der Waals surface area contributed by atoms with Crippen LogP contribution >= 0.6 is 0 Å². The Morgan fingerprint density at radius 3 is 2.38 bits per heavy atom. The molecule has 0 aliphatic heterocycles. The van der Waals surface area contributed by atoms with Crippen molar-refractivity contribution in [2.24, 2.45) is 0 Å². The number of benzene rings is 2. The number of methoxy groups -OCH3 is 1. The zero-order chi connectivity index (χ0) is 15.1. The lowest BCUT2D eigenvalue weighted by Gasteiger charge is -2.15. The second-order valence-electron chi connectivity index (χ2n) is 4.38. The second-order valence-corrected chi connectivity index (χ2v) is 5.31. The highest BCUT2D eigenvalue weighted by atomic mass is 32.2. The monoisotopic (exact) mass is 303 g/mol. The van der Waals surface area contributed by atoms with Crippen LogP contribution in [0, 0.1) is 0 Å². The largest absolute Gasteiger partial charge is 0.497 e. The molecule has 0 aliphatic rings. The summed E-state index contributed by atoms with van der Waals surface area (Å²) in [4.78, 5) is 0. The smallest absolute Gasteiger partial charge is 0.261 e. The molecule has 1 N–H and O–H groups in total. The van der Waals surface area contributed by atoms with Crippen LogP contribution in [0.2, 0.25) is 0 Å². The maximum atomic E-state index is 11.4. The molecule has 0 spiro atoms. The summed E-state index contributed by atoms with van der Waals surface area (Å²) < 4.78 is 27.2. The molecule has 0 aromatic heterocycles. The third kappa shape index (κ3) is 4.73. The molecule has 0 bridgehead atoms. The molecular weight excluding hydrogens is 286 g/mol. The Hall–Kier alpha value is -2.11. The van der Waals surface area contributed by atoms with Gasteiger partial charge in [0.15, 0.2) is 0 Å². The number of hydrogen-bond acceptors (Lipinski definition) is 2. The van der Waals surface area contributed by atoms with Crippen LogP contribution in [0.5, 0.6) is 5.75 Å². The lowest BCUT2D eigenvalue weighted by atomic mass is 10.2. The van der Waals surface area contributed by atoms with Gasteiger partial charge >= 0.3 is 0 Å². The van der Waals surface area contributed by atoms with Gasteiger partial charge in [-0.2, -0.15) is 0 Å². The molecule has 2 aromatic rings.